The van der Waals surface area contributed by atoms with Gasteiger partial charge in [0, 0.05) is 21.4 Å². The first kappa shape index (κ1) is 10.7. The molecule has 2 rings (SSSR count). The van der Waals surface area contributed by atoms with Gasteiger partial charge in [-0.1, -0.05) is 15.9 Å². The van der Waals surface area contributed by atoms with Crippen LogP contribution in [-0.2, 0) is 4.79 Å². The number of hydrogen-bond acceptors (Lipinski definition) is 3. The van der Waals surface area contributed by atoms with Crippen LogP contribution in [0, 0.1) is 0 Å². The molecule has 1 aromatic carbocycles. The second kappa shape index (κ2) is 3.98. The predicted octanol–water partition coefficient (Wildman–Crippen LogP) is 2.58. The van der Waals surface area contributed by atoms with Crippen LogP contribution in [0.4, 0.5) is 0 Å². The van der Waals surface area contributed by atoms with Crippen molar-refractivity contribution in [2.45, 2.75) is 16.6 Å². The highest BCUT2D eigenvalue weighted by Crippen LogP contribution is 2.36. The summed E-state index contributed by atoms with van der Waals surface area (Å²) in [4.78, 5) is 23.2. The van der Waals surface area contributed by atoms with Gasteiger partial charge in [0.1, 0.15) is 5.25 Å². The number of Topliss-reactive ketones (excluding diaryl/α,β-unsaturated/α-hetero) is 1. The number of aliphatic carboxylic acids is 1. The zero-order chi connectivity index (χ0) is 11.0. The number of benzene rings is 1. The van der Waals surface area contributed by atoms with Crippen molar-refractivity contribution in [3.63, 3.8) is 0 Å². The smallest absolute Gasteiger partial charge is 0.317 e. The quantitative estimate of drug-likeness (QED) is 0.862. The van der Waals surface area contributed by atoms with Gasteiger partial charge in [-0.05, 0) is 18.2 Å². The minimum atomic E-state index is -0.929. The van der Waals surface area contributed by atoms with Crippen molar-refractivity contribution < 1.29 is 14.7 Å². The van der Waals surface area contributed by atoms with E-state index in [9.17, 15) is 9.59 Å². The van der Waals surface area contributed by atoms with E-state index in [1.165, 1.54) is 11.8 Å². The average Bonchev–Trinajstić information content (AvgIpc) is 2.18. The number of halogens is 1. The first-order chi connectivity index (χ1) is 7.08. The molecule has 1 atom stereocenters. The van der Waals surface area contributed by atoms with Gasteiger partial charge in [-0.3, -0.25) is 9.59 Å². The summed E-state index contributed by atoms with van der Waals surface area (Å²) in [6.07, 6.45) is 0.0729. The van der Waals surface area contributed by atoms with Crippen LogP contribution in [0.3, 0.4) is 0 Å². The van der Waals surface area contributed by atoms with Crippen molar-refractivity contribution in [3.8, 4) is 0 Å². The SMILES string of the molecule is O=C1CC(C(=O)O)Sc2ccc(Br)cc21. The number of carbonyl (C=O) groups is 2. The third kappa shape index (κ3) is 2.08. The summed E-state index contributed by atoms with van der Waals surface area (Å²) in [6.45, 7) is 0. The molecule has 0 saturated heterocycles. The highest BCUT2D eigenvalue weighted by atomic mass is 79.9. The van der Waals surface area contributed by atoms with Crippen LogP contribution >= 0.6 is 27.7 Å². The van der Waals surface area contributed by atoms with Gasteiger partial charge in [0.25, 0.3) is 0 Å². The first-order valence-corrected chi connectivity index (χ1v) is 5.97. The monoisotopic (exact) mass is 286 g/mol. The molecular formula is C10H7BrO3S. The maximum absolute atomic E-state index is 11.7. The molecule has 0 aromatic heterocycles. The molecular weight excluding hydrogens is 280 g/mol. The molecule has 3 nitrogen and oxygen atoms in total. The summed E-state index contributed by atoms with van der Waals surface area (Å²) in [7, 11) is 0. The summed E-state index contributed by atoms with van der Waals surface area (Å²) < 4.78 is 0.837. The van der Waals surface area contributed by atoms with E-state index < -0.39 is 11.2 Å². The van der Waals surface area contributed by atoms with Gasteiger partial charge < -0.3 is 5.11 Å². The van der Waals surface area contributed by atoms with E-state index in [1.54, 1.807) is 12.1 Å². The van der Waals surface area contributed by atoms with Crippen LogP contribution in [0.25, 0.3) is 0 Å². The molecule has 1 aromatic rings. The highest BCUT2D eigenvalue weighted by molar-refractivity contribution is 9.10. The van der Waals surface area contributed by atoms with Gasteiger partial charge in [-0.15, -0.1) is 11.8 Å². The molecule has 1 heterocycles. The second-order valence-electron chi connectivity index (χ2n) is 3.21. The van der Waals surface area contributed by atoms with E-state index in [0.717, 1.165) is 9.37 Å². The molecule has 0 spiro atoms. The number of thioether (sulfide) groups is 1. The summed E-state index contributed by atoms with van der Waals surface area (Å²) in [6, 6.07) is 5.32. The largest absolute Gasteiger partial charge is 0.480 e. The van der Waals surface area contributed by atoms with E-state index in [0.29, 0.717) is 5.56 Å². The maximum Gasteiger partial charge on any atom is 0.317 e. The Hall–Kier alpha value is -0.810. The molecule has 1 aliphatic rings. The van der Waals surface area contributed by atoms with Crippen molar-refractivity contribution in [2.75, 3.05) is 0 Å². The summed E-state index contributed by atoms with van der Waals surface area (Å²) in [5, 5.41) is 8.21. The Morgan fingerprint density at radius 1 is 1.53 bits per heavy atom. The van der Waals surface area contributed by atoms with E-state index in [-0.39, 0.29) is 12.2 Å². The lowest BCUT2D eigenvalue weighted by Crippen LogP contribution is -2.24. The fraction of sp³-hybridized carbons (Fsp3) is 0.200. The van der Waals surface area contributed by atoms with Crippen LogP contribution in [0.2, 0.25) is 0 Å². The number of hydrogen-bond donors (Lipinski definition) is 1. The van der Waals surface area contributed by atoms with E-state index >= 15 is 0 Å². The minimum Gasteiger partial charge on any atom is -0.480 e. The van der Waals surface area contributed by atoms with Crippen molar-refractivity contribution >= 4 is 39.4 Å². The predicted molar refractivity (Wildman–Crippen MR) is 60.4 cm³/mol. The fourth-order valence-electron chi connectivity index (χ4n) is 1.43. The number of carboxylic acids is 1. The van der Waals surface area contributed by atoms with Gasteiger partial charge in [-0.2, -0.15) is 0 Å². The first-order valence-electron chi connectivity index (χ1n) is 4.30. The number of carboxylic acid groups (broad SMARTS) is 1. The normalized spacial score (nSPS) is 19.8. The number of carbonyl (C=O) groups excluding carboxylic acids is 1. The number of rotatable bonds is 1. The van der Waals surface area contributed by atoms with Crippen molar-refractivity contribution in [3.05, 3.63) is 28.2 Å². The summed E-state index contributed by atoms with van der Waals surface area (Å²) >= 11 is 4.52. The van der Waals surface area contributed by atoms with Crippen LogP contribution in [0.5, 0.6) is 0 Å². The highest BCUT2D eigenvalue weighted by Gasteiger charge is 2.30. The third-order valence-electron chi connectivity index (χ3n) is 2.16. The fourth-order valence-corrected chi connectivity index (χ4v) is 2.88. The molecule has 0 amide bonds. The van der Waals surface area contributed by atoms with Crippen LogP contribution in [-0.4, -0.2) is 22.1 Å². The second-order valence-corrected chi connectivity index (χ2v) is 5.37. The minimum absolute atomic E-state index is 0.0729. The molecule has 0 bridgehead atoms. The summed E-state index contributed by atoms with van der Waals surface area (Å²) in [5.74, 6) is -1.03. The Morgan fingerprint density at radius 2 is 2.27 bits per heavy atom. The van der Waals surface area contributed by atoms with Gasteiger partial charge in [0.15, 0.2) is 5.78 Å². The van der Waals surface area contributed by atoms with E-state index in [2.05, 4.69) is 15.9 Å². The standard InChI is InChI=1S/C10H7BrO3S/c11-5-1-2-8-6(3-5)7(12)4-9(15-8)10(13)14/h1-3,9H,4H2,(H,13,14). The lowest BCUT2D eigenvalue weighted by atomic mass is 10.1. The molecule has 1 N–H and O–H groups in total. The van der Waals surface area contributed by atoms with E-state index in [1.807, 2.05) is 6.07 Å². The van der Waals surface area contributed by atoms with Crippen LogP contribution < -0.4 is 0 Å². The van der Waals surface area contributed by atoms with Crippen LogP contribution in [0.15, 0.2) is 27.6 Å². The van der Waals surface area contributed by atoms with Crippen molar-refractivity contribution in [1.29, 1.82) is 0 Å². The third-order valence-corrected chi connectivity index (χ3v) is 3.91. The molecule has 5 heteroatoms. The molecule has 0 fully saturated rings. The topological polar surface area (TPSA) is 54.4 Å². The zero-order valence-corrected chi connectivity index (χ0v) is 9.97. The number of ketones is 1. The summed E-state index contributed by atoms with van der Waals surface area (Å²) in [5.41, 5.74) is 0.617. The Kier molecular flexibility index (Phi) is 2.84. The van der Waals surface area contributed by atoms with Gasteiger partial charge in [0.2, 0.25) is 0 Å². The molecule has 0 radical (unpaired) electrons. The number of fused-ring (bicyclic) bond motifs is 1. The van der Waals surface area contributed by atoms with Gasteiger partial charge in [-0.25, -0.2) is 0 Å². The van der Waals surface area contributed by atoms with Crippen molar-refractivity contribution in [1.82, 2.24) is 0 Å². The Bertz CT molecular complexity index is 444. The maximum atomic E-state index is 11.7. The lowest BCUT2D eigenvalue weighted by molar-refractivity contribution is -0.136. The Morgan fingerprint density at radius 3 is 2.93 bits per heavy atom. The Labute approximate surface area is 99.0 Å². The molecule has 0 aliphatic carbocycles. The van der Waals surface area contributed by atoms with Crippen molar-refractivity contribution in [2.24, 2.45) is 0 Å². The zero-order valence-electron chi connectivity index (χ0n) is 7.57. The van der Waals surface area contributed by atoms with Crippen LogP contribution in [0.1, 0.15) is 16.8 Å². The molecule has 0 saturated carbocycles. The molecule has 78 valence electrons. The average molecular weight is 287 g/mol. The van der Waals surface area contributed by atoms with E-state index in [4.69, 9.17) is 5.11 Å². The molecule has 1 aliphatic heterocycles. The lowest BCUT2D eigenvalue weighted by Gasteiger charge is -2.19. The molecule has 15 heavy (non-hydrogen) atoms. The molecule has 1 unspecified atom stereocenters. The Balaban J connectivity index is 2.41. The van der Waals surface area contributed by atoms with Gasteiger partial charge in [0.05, 0.1) is 0 Å². The van der Waals surface area contributed by atoms with Gasteiger partial charge >= 0.3 is 5.97 Å².